The van der Waals surface area contributed by atoms with Crippen LogP contribution in [0.15, 0.2) is 58.1 Å². The first-order chi connectivity index (χ1) is 17.5. The molecule has 0 bridgehead atoms. The molecule has 0 atom stereocenters. The Hall–Kier alpha value is -3.79. The average molecular weight is 509 g/mol. The number of rotatable bonds is 11. The van der Waals surface area contributed by atoms with E-state index in [4.69, 9.17) is 24.4 Å². The summed E-state index contributed by atoms with van der Waals surface area (Å²) in [7, 11) is 3.15. The number of unbranched alkanes of at least 4 members (excludes halogenated alkanes) is 1. The van der Waals surface area contributed by atoms with Gasteiger partial charge in [0.15, 0.2) is 17.3 Å². The van der Waals surface area contributed by atoms with Crippen molar-refractivity contribution in [2.24, 2.45) is 10.1 Å². The number of hydrazone groups is 1. The van der Waals surface area contributed by atoms with Gasteiger partial charge in [-0.1, -0.05) is 25.5 Å². The summed E-state index contributed by atoms with van der Waals surface area (Å²) in [6.07, 6.45) is 4.47. The Morgan fingerprint density at radius 2 is 1.83 bits per heavy atom. The molecule has 1 N–H and O–H groups in total. The van der Waals surface area contributed by atoms with Crippen molar-refractivity contribution < 1.29 is 23.7 Å². The lowest BCUT2D eigenvalue weighted by atomic mass is 10.1. The fourth-order valence-corrected chi connectivity index (χ4v) is 4.45. The number of carbonyl (C=O) groups excluding carboxylic acids is 1. The minimum atomic E-state index is -0.459. The van der Waals surface area contributed by atoms with Crippen LogP contribution in [0.2, 0.25) is 0 Å². The molecule has 4 rings (SSSR count). The van der Waals surface area contributed by atoms with E-state index in [1.165, 1.54) is 16.8 Å². The molecule has 36 heavy (non-hydrogen) atoms. The molecule has 0 saturated heterocycles. The standard InChI is InChI=1S/C26H28N4O5S/c1-4-5-9-23-29-30-24(27)20(25(31)28-26(30)36-23)14-17-10-11-21(22(15-17)33-3)35-13-12-34-19-8-6-7-18(16-19)32-2/h6-8,10-11,14-16,27H,4-5,9,12-13H2,1-3H3/b20-14-,27-24?. The SMILES string of the molecule is CCCCC1=NN2C(=N)/C(=C/c3ccc(OCCOc4cccc(OC)c4)c(OC)c3)C(=O)N=C2S1. The molecule has 10 heteroatoms. The number of ether oxygens (including phenoxy) is 4. The lowest BCUT2D eigenvalue weighted by molar-refractivity contribution is -0.114. The van der Waals surface area contributed by atoms with Crippen molar-refractivity contribution in [1.82, 2.24) is 5.01 Å². The zero-order valence-electron chi connectivity index (χ0n) is 20.4. The van der Waals surface area contributed by atoms with Crippen LogP contribution in [-0.4, -0.2) is 54.4 Å². The third kappa shape index (κ3) is 5.88. The number of amidine groups is 2. The molecule has 0 aromatic heterocycles. The molecule has 2 aliphatic rings. The van der Waals surface area contributed by atoms with Gasteiger partial charge < -0.3 is 18.9 Å². The van der Waals surface area contributed by atoms with Crippen molar-refractivity contribution in [3.05, 3.63) is 53.6 Å². The maximum Gasteiger partial charge on any atom is 0.283 e. The number of nitrogens with one attached hydrogen (secondary N) is 1. The van der Waals surface area contributed by atoms with Crippen molar-refractivity contribution in [3.8, 4) is 23.0 Å². The molecular weight excluding hydrogens is 480 g/mol. The maximum atomic E-state index is 12.7. The van der Waals surface area contributed by atoms with E-state index in [0.717, 1.165) is 30.1 Å². The minimum Gasteiger partial charge on any atom is -0.497 e. The van der Waals surface area contributed by atoms with E-state index in [1.807, 2.05) is 18.2 Å². The smallest absolute Gasteiger partial charge is 0.283 e. The van der Waals surface area contributed by atoms with E-state index in [-0.39, 0.29) is 11.4 Å². The molecule has 0 spiro atoms. The maximum absolute atomic E-state index is 12.7. The second kappa shape index (κ2) is 11.8. The Labute approximate surface area is 214 Å². The number of fused-ring (bicyclic) bond motifs is 1. The number of hydrogen-bond donors (Lipinski definition) is 1. The van der Waals surface area contributed by atoms with Gasteiger partial charge in [0.25, 0.3) is 5.91 Å². The minimum absolute atomic E-state index is 0.0120. The lowest BCUT2D eigenvalue weighted by Crippen LogP contribution is -2.35. The van der Waals surface area contributed by atoms with E-state index in [0.29, 0.717) is 41.2 Å². The summed E-state index contributed by atoms with van der Waals surface area (Å²) in [6.45, 7) is 2.75. The molecule has 9 nitrogen and oxygen atoms in total. The van der Waals surface area contributed by atoms with Crippen LogP contribution < -0.4 is 18.9 Å². The highest BCUT2D eigenvalue weighted by Gasteiger charge is 2.35. The molecule has 1 amide bonds. The van der Waals surface area contributed by atoms with Crippen molar-refractivity contribution in [2.45, 2.75) is 26.2 Å². The lowest BCUT2D eigenvalue weighted by Gasteiger charge is -2.20. The first-order valence-corrected chi connectivity index (χ1v) is 12.4. The van der Waals surface area contributed by atoms with Gasteiger partial charge in [0.2, 0.25) is 5.17 Å². The molecule has 2 heterocycles. The molecule has 0 saturated carbocycles. The van der Waals surface area contributed by atoms with Crippen molar-refractivity contribution in [1.29, 1.82) is 5.41 Å². The molecule has 0 unspecified atom stereocenters. The second-order valence-electron chi connectivity index (χ2n) is 7.90. The van der Waals surface area contributed by atoms with Gasteiger partial charge in [-0.15, -0.1) is 0 Å². The molecule has 2 aromatic rings. The van der Waals surface area contributed by atoms with Crippen LogP contribution in [0.3, 0.4) is 0 Å². The predicted octanol–water partition coefficient (Wildman–Crippen LogP) is 4.97. The van der Waals surface area contributed by atoms with Gasteiger partial charge in [-0.2, -0.15) is 15.1 Å². The Morgan fingerprint density at radius 1 is 1.03 bits per heavy atom. The van der Waals surface area contributed by atoms with E-state index in [2.05, 4.69) is 17.0 Å². The highest BCUT2D eigenvalue weighted by Crippen LogP contribution is 2.32. The summed E-state index contributed by atoms with van der Waals surface area (Å²) in [5, 5.41) is 15.7. The molecular formula is C26H28N4O5S. The van der Waals surface area contributed by atoms with Gasteiger partial charge in [0, 0.05) is 6.07 Å². The second-order valence-corrected chi connectivity index (χ2v) is 8.94. The van der Waals surface area contributed by atoms with Crippen molar-refractivity contribution in [2.75, 3.05) is 27.4 Å². The van der Waals surface area contributed by atoms with E-state index in [1.54, 1.807) is 44.6 Å². The van der Waals surface area contributed by atoms with Gasteiger partial charge in [0.1, 0.15) is 29.8 Å². The van der Waals surface area contributed by atoms with Crippen molar-refractivity contribution >= 4 is 39.8 Å². The van der Waals surface area contributed by atoms with Gasteiger partial charge in [0.05, 0.1) is 19.8 Å². The highest BCUT2D eigenvalue weighted by molar-refractivity contribution is 8.26. The zero-order valence-corrected chi connectivity index (χ0v) is 21.3. The summed E-state index contributed by atoms with van der Waals surface area (Å²) >= 11 is 1.35. The third-order valence-corrected chi connectivity index (χ3v) is 6.36. The number of methoxy groups -OCH3 is 2. The third-order valence-electron chi connectivity index (χ3n) is 5.39. The first kappa shape index (κ1) is 25.3. The predicted molar refractivity (Wildman–Crippen MR) is 142 cm³/mol. The summed E-state index contributed by atoms with van der Waals surface area (Å²) in [5.74, 6) is 2.01. The molecule has 2 aromatic carbocycles. The molecule has 0 radical (unpaired) electrons. The van der Waals surface area contributed by atoms with E-state index in [9.17, 15) is 4.79 Å². The van der Waals surface area contributed by atoms with Gasteiger partial charge in [-0.25, -0.2) is 0 Å². The molecule has 0 aliphatic carbocycles. The number of carbonyl (C=O) groups is 1. The van der Waals surface area contributed by atoms with Crippen LogP contribution in [0, 0.1) is 5.41 Å². The van der Waals surface area contributed by atoms with Crippen LogP contribution in [0.5, 0.6) is 23.0 Å². The van der Waals surface area contributed by atoms with Crippen LogP contribution in [0.1, 0.15) is 31.7 Å². The number of benzene rings is 2. The summed E-state index contributed by atoms with van der Waals surface area (Å²) in [5.41, 5.74) is 0.850. The van der Waals surface area contributed by atoms with Crippen LogP contribution >= 0.6 is 11.8 Å². The monoisotopic (exact) mass is 508 g/mol. The summed E-state index contributed by atoms with van der Waals surface area (Å²) in [4.78, 5) is 16.8. The number of hydrogen-bond acceptors (Lipinski definition) is 8. The van der Waals surface area contributed by atoms with Crippen molar-refractivity contribution in [3.63, 3.8) is 0 Å². The fourth-order valence-electron chi connectivity index (χ4n) is 3.52. The Balaban J connectivity index is 1.41. The Kier molecular flexibility index (Phi) is 8.27. The summed E-state index contributed by atoms with van der Waals surface area (Å²) in [6, 6.07) is 12.7. The van der Waals surface area contributed by atoms with Crippen LogP contribution in [-0.2, 0) is 4.79 Å². The molecule has 188 valence electrons. The first-order valence-electron chi connectivity index (χ1n) is 11.6. The van der Waals surface area contributed by atoms with Gasteiger partial charge >= 0.3 is 0 Å². The number of amides is 1. The molecule has 0 fully saturated rings. The number of aliphatic imine (C=N–C) groups is 1. The topological polar surface area (TPSA) is 106 Å². The fraction of sp³-hybridized carbons (Fsp3) is 0.308. The van der Waals surface area contributed by atoms with Crippen LogP contribution in [0.25, 0.3) is 6.08 Å². The highest BCUT2D eigenvalue weighted by atomic mass is 32.2. The largest absolute Gasteiger partial charge is 0.497 e. The average Bonchev–Trinajstić information content (AvgIpc) is 3.31. The van der Waals surface area contributed by atoms with E-state index < -0.39 is 5.91 Å². The summed E-state index contributed by atoms with van der Waals surface area (Å²) < 4.78 is 22.2. The van der Waals surface area contributed by atoms with Crippen LogP contribution in [0.4, 0.5) is 0 Å². The Bertz CT molecular complexity index is 1240. The van der Waals surface area contributed by atoms with Gasteiger partial charge in [-0.05, 0) is 60.5 Å². The molecule has 2 aliphatic heterocycles. The number of nitrogens with zero attached hydrogens (tertiary/aromatic N) is 3. The normalized spacial score (nSPS) is 16.0. The van der Waals surface area contributed by atoms with Gasteiger partial charge in [-0.3, -0.25) is 10.2 Å². The van der Waals surface area contributed by atoms with E-state index >= 15 is 0 Å². The Morgan fingerprint density at radius 3 is 2.61 bits per heavy atom. The zero-order chi connectivity index (χ0) is 25.5. The quantitative estimate of drug-likeness (QED) is 0.337. The number of thioether (sulfide) groups is 1.